The first kappa shape index (κ1) is 14.7. The van der Waals surface area contributed by atoms with E-state index in [1.165, 1.54) is 12.4 Å². The first-order chi connectivity index (χ1) is 10.0. The molecule has 0 aliphatic rings. The van der Waals surface area contributed by atoms with Crippen LogP contribution in [-0.4, -0.2) is 28.5 Å². The minimum absolute atomic E-state index is 0.0589. The van der Waals surface area contributed by atoms with Crippen LogP contribution >= 0.6 is 0 Å². The molecule has 0 atom stereocenters. The zero-order valence-corrected chi connectivity index (χ0v) is 11.6. The highest BCUT2D eigenvalue weighted by molar-refractivity contribution is 6.08. The Morgan fingerprint density at radius 3 is 2.86 bits per heavy atom. The summed E-state index contributed by atoms with van der Waals surface area (Å²) in [6.45, 7) is 3.60. The fourth-order valence-corrected chi connectivity index (χ4v) is 1.82. The van der Waals surface area contributed by atoms with Crippen molar-refractivity contribution in [1.82, 2.24) is 9.97 Å². The summed E-state index contributed by atoms with van der Waals surface area (Å²) in [6.07, 6.45) is 3.72. The number of aromatic nitrogens is 2. The quantitative estimate of drug-likeness (QED) is 0.846. The van der Waals surface area contributed by atoms with Crippen LogP contribution in [0.25, 0.3) is 0 Å². The van der Waals surface area contributed by atoms with Crippen LogP contribution in [0.2, 0.25) is 0 Å². The van der Waals surface area contributed by atoms with Crippen molar-refractivity contribution in [1.29, 1.82) is 0 Å². The summed E-state index contributed by atoms with van der Waals surface area (Å²) in [5.41, 5.74) is 1.15. The molecule has 0 aromatic carbocycles. The molecule has 0 aliphatic heterocycles. The lowest BCUT2D eigenvalue weighted by molar-refractivity contribution is 0.0527. The second kappa shape index (κ2) is 6.17. The van der Waals surface area contributed by atoms with Gasteiger partial charge in [-0.3, -0.25) is 9.78 Å². The molecule has 2 aromatic heterocycles. The number of pyridine rings is 1. The van der Waals surface area contributed by atoms with E-state index in [1.807, 2.05) is 0 Å². The topological polar surface area (TPSA) is 84.1 Å². The molecular formula is C14H14FN3O3. The Morgan fingerprint density at radius 1 is 1.43 bits per heavy atom. The average molecular weight is 291 g/mol. The standard InChI is InChI=1S/C14H14FN3O3/c1-3-21-14(20)12-8(2)17-7-11(12)18-13(19)9-4-10(15)6-16-5-9/h4-7,17H,3H2,1-2H3,(H,18,19). The van der Waals surface area contributed by atoms with Gasteiger partial charge in [0, 0.05) is 18.1 Å². The number of rotatable bonds is 4. The summed E-state index contributed by atoms with van der Waals surface area (Å²) in [4.78, 5) is 30.3. The molecule has 0 aliphatic carbocycles. The number of amides is 1. The lowest BCUT2D eigenvalue weighted by atomic mass is 10.2. The zero-order chi connectivity index (χ0) is 15.4. The molecule has 21 heavy (non-hydrogen) atoms. The molecule has 0 bridgehead atoms. The number of hydrogen-bond donors (Lipinski definition) is 2. The van der Waals surface area contributed by atoms with Gasteiger partial charge in [-0.2, -0.15) is 0 Å². The number of carbonyl (C=O) groups is 2. The maximum atomic E-state index is 13.1. The van der Waals surface area contributed by atoms with Crippen molar-refractivity contribution in [2.75, 3.05) is 11.9 Å². The molecule has 1 amide bonds. The minimum Gasteiger partial charge on any atom is -0.462 e. The number of H-pyrrole nitrogens is 1. The monoisotopic (exact) mass is 291 g/mol. The number of nitrogens with zero attached hydrogens (tertiary/aromatic N) is 1. The van der Waals surface area contributed by atoms with Gasteiger partial charge in [0.25, 0.3) is 5.91 Å². The highest BCUT2D eigenvalue weighted by atomic mass is 19.1. The van der Waals surface area contributed by atoms with Gasteiger partial charge in [0.05, 0.1) is 24.1 Å². The summed E-state index contributed by atoms with van der Waals surface area (Å²) >= 11 is 0. The van der Waals surface area contributed by atoms with Crippen LogP contribution in [0.3, 0.4) is 0 Å². The normalized spacial score (nSPS) is 10.2. The van der Waals surface area contributed by atoms with Crippen LogP contribution in [0, 0.1) is 12.7 Å². The molecule has 2 N–H and O–H groups in total. The van der Waals surface area contributed by atoms with Gasteiger partial charge in [-0.05, 0) is 19.9 Å². The van der Waals surface area contributed by atoms with Crippen molar-refractivity contribution < 1.29 is 18.7 Å². The van der Waals surface area contributed by atoms with Crippen LogP contribution in [0.4, 0.5) is 10.1 Å². The van der Waals surface area contributed by atoms with Crippen LogP contribution in [0.1, 0.15) is 33.3 Å². The number of ether oxygens (including phenoxy) is 1. The van der Waals surface area contributed by atoms with E-state index in [0.29, 0.717) is 5.69 Å². The maximum Gasteiger partial charge on any atom is 0.342 e. The van der Waals surface area contributed by atoms with Crippen LogP contribution in [0.15, 0.2) is 24.7 Å². The van der Waals surface area contributed by atoms with E-state index in [2.05, 4.69) is 15.3 Å². The van der Waals surface area contributed by atoms with Crippen LogP contribution in [-0.2, 0) is 4.74 Å². The van der Waals surface area contributed by atoms with E-state index >= 15 is 0 Å². The van der Waals surface area contributed by atoms with Gasteiger partial charge < -0.3 is 15.0 Å². The Morgan fingerprint density at radius 2 is 2.19 bits per heavy atom. The number of nitrogens with one attached hydrogen (secondary N) is 2. The Balaban J connectivity index is 2.24. The summed E-state index contributed by atoms with van der Waals surface area (Å²) in [5, 5.41) is 2.54. The van der Waals surface area contributed by atoms with Gasteiger partial charge >= 0.3 is 5.97 Å². The Hall–Kier alpha value is -2.70. The van der Waals surface area contributed by atoms with Crippen molar-refractivity contribution in [2.24, 2.45) is 0 Å². The number of esters is 1. The van der Waals surface area contributed by atoms with Gasteiger partial charge in [-0.15, -0.1) is 0 Å². The number of hydrogen-bond acceptors (Lipinski definition) is 4. The highest BCUT2D eigenvalue weighted by Gasteiger charge is 2.19. The van der Waals surface area contributed by atoms with Crippen molar-refractivity contribution >= 4 is 17.6 Å². The Bertz CT molecular complexity index is 682. The van der Waals surface area contributed by atoms with E-state index in [4.69, 9.17) is 4.74 Å². The molecule has 0 unspecified atom stereocenters. The van der Waals surface area contributed by atoms with Crippen molar-refractivity contribution in [3.05, 3.63) is 47.3 Å². The zero-order valence-electron chi connectivity index (χ0n) is 11.6. The highest BCUT2D eigenvalue weighted by Crippen LogP contribution is 2.21. The first-order valence-corrected chi connectivity index (χ1v) is 6.30. The van der Waals surface area contributed by atoms with E-state index < -0.39 is 17.7 Å². The number of halogens is 1. The molecule has 2 aromatic rings. The molecule has 0 saturated heterocycles. The third kappa shape index (κ3) is 3.25. The predicted molar refractivity (Wildman–Crippen MR) is 73.6 cm³/mol. The Labute approximate surface area is 120 Å². The van der Waals surface area contributed by atoms with Gasteiger partial charge in [0.1, 0.15) is 11.4 Å². The number of aryl methyl sites for hydroxylation is 1. The van der Waals surface area contributed by atoms with Gasteiger partial charge in [-0.25, -0.2) is 9.18 Å². The second-order valence-corrected chi connectivity index (χ2v) is 4.27. The summed E-state index contributed by atoms with van der Waals surface area (Å²) in [6, 6.07) is 1.06. The molecular weight excluding hydrogens is 277 g/mol. The maximum absolute atomic E-state index is 13.1. The van der Waals surface area contributed by atoms with Crippen molar-refractivity contribution in [3.63, 3.8) is 0 Å². The van der Waals surface area contributed by atoms with Crippen molar-refractivity contribution in [3.8, 4) is 0 Å². The largest absolute Gasteiger partial charge is 0.462 e. The fraction of sp³-hybridized carbons (Fsp3) is 0.214. The van der Waals surface area contributed by atoms with Gasteiger partial charge in [0.15, 0.2) is 0 Å². The lowest BCUT2D eigenvalue weighted by Crippen LogP contribution is -2.15. The minimum atomic E-state index is -0.612. The fourth-order valence-electron chi connectivity index (χ4n) is 1.82. The SMILES string of the molecule is CCOC(=O)c1c(NC(=O)c2cncc(F)c2)c[nH]c1C. The summed E-state index contributed by atoms with van der Waals surface area (Å²) in [7, 11) is 0. The number of carbonyl (C=O) groups excluding carboxylic acids is 2. The van der Waals surface area contributed by atoms with E-state index in [9.17, 15) is 14.0 Å². The first-order valence-electron chi connectivity index (χ1n) is 6.30. The van der Waals surface area contributed by atoms with Crippen molar-refractivity contribution in [2.45, 2.75) is 13.8 Å². The van der Waals surface area contributed by atoms with E-state index in [1.54, 1.807) is 13.8 Å². The summed E-state index contributed by atoms with van der Waals surface area (Å²) in [5.74, 6) is -1.71. The molecule has 110 valence electrons. The predicted octanol–water partition coefficient (Wildman–Crippen LogP) is 2.29. The molecule has 0 spiro atoms. The van der Waals surface area contributed by atoms with Gasteiger partial charge in [-0.1, -0.05) is 0 Å². The molecule has 2 heterocycles. The molecule has 2 rings (SSSR count). The summed E-state index contributed by atoms with van der Waals surface area (Å²) < 4.78 is 18.0. The van der Waals surface area contributed by atoms with Crippen LogP contribution < -0.4 is 5.32 Å². The number of anilines is 1. The third-order valence-electron chi connectivity index (χ3n) is 2.77. The van der Waals surface area contributed by atoms with E-state index in [0.717, 1.165) is 12.3 Å². The number of aromatic amines is 1. The Kier molecular flexibility index (Phi) is 4.32. The molecule has 6 nitrogen and oxygen atoms in total. The smallest absolute Gasteiger partial charge is 0.342 e. The van der Waals surface area contributed by atoms with E-state index in [-0.39, 0.29) is 23.4 Å². The molecule has 0 saturated carbocycles. The van der Waals surface area contributed by atoms with Gasteiger partial charge in [0.2, 0.25) is 0 Å². The third-order valence-corrected chi connectivity index (χ3v) is 2.77. The van der Waals surface area contributed by atoms with Crippen LogP contribution in [0.5, 0.6) is 0 Å². The second-order valence-electron chi connectivity index (χ2n) is 4.27. The molecule has 0 fully saturated rings. The lowest BCUT2D eigenvalue weighted by Gasteiger charge is -2.07. The average Bonchev–Trinajstić information content (AvgIpc) is 2.80. The molecule has 7 heteroatoms. The molecule has 0 radical (unpaired) electrons.